The van der Waals surface area contributed by atoms with Crippen molar-refractivity contribution in [2.75, 3.05) is 0 Å². The van der Waals surface area contributed by atoms with Crippen molar-refractivity contribution in [3.8, 4) is 0 Å². The second-order valence-corrected chi connectivity index (χ2v) is 4.64. The van der Waals surface area contributed by atoms with Crippen LogP contribution in [0.3, 0.4) is 0 Å². The SMILES string of the molecule is NNC(c1ccccc1)c1cnc(C(F)(F)F)s1. The number of nitrogens with zero attached hydrogens (tertiary/aromatic N) is 1. The second kappa shape index (κ2) is 5.05. The third kappa shape index (κ3) is 2.69. The summed E-state index contributed by atoms with van der Waals surface area (Å²) in [5, 5.41) is -0.867. The summed E-state index contributed by atoms with van der Waals surface area (Å²) >= 11 is 0.589. The van der Waals surface area contributed by atoms with Crippen LogP contribution in [0, 0.1) is 0 Å². The number of thiazole rings is 1. The highest BCUT2D eigenvalue weighted by Crippen LogP contribution is 2.35. The third-order valence-electron chi connectivity index (χ3n) is 2.35. The van der Waals surface area contributed by atoms with E-state index < -0.39 is 17.2 Å². The number of benzene rings is 1. The van der Waals surface area contributed by atoms with Crippen LogP contribution in [0.2, 0.25) is 0 Å². The van der Waals surface area contributed by atoms with Gasteiger partial charge in [-0.3, -0.25) is 5.84 Å². The van der Waals surface area contributed by atoms with Crippen molar-refractivity contribution >= 4 is 11.3 Å². The molecule has 0 aliphatic rings. The van der Waals surface area contributed by atoms with Gasteiger partial charge < -0.3 is 0 Å². The zero-order chi connectivity index (χ0) is 13.2. The van der Waals surface area contributed by atoms with E-state index in [-0.39, 0.29) is 0 Å². The number of halogens is 3. The van der Waals surface area contributed by atoms with Crippen molar-refractivity contribution in [3.63, 3.8) is 0 Å². The summed E-state index contributed by atoms with van der Waals surface area (Å²) in [6.07, 6.45) is -3.22. The number of rotatable bonds is 3. The Morgan fingerprint density at radius 2 is 1.89 bits per heavy atom. The zero-order valence-corrected chi connectivity index (χ0v) is 9.92. The summed E-state index contributed by atoms with van der Waals surface area (Å²) in [7, 11) is 0. The van der Waals surface area contributed by atoms with Gasteiger partial charge in [-0.1, -0.05) is 30.3 Å². The molecule has 18 heavy (non-hydrogen) atoms. The Morgan fingerprint density at radius 1 is 1.22 bits per heavy atom. The van der Waals surface area contributed by atoms with Crippen molar-refractivity contribution in [1.82, 2.24) is 10.4 Å². The highest BCUT2D eigenvalue weighted by atomic mass is 32.1. The average Bonchev–Trinajstić information content (AvgIpc) is 2.81. The van der Waals surface area contributed by atoms with Gasteiger partial charge in [0.15, 0.2) is 5.01 Å². The Morgan fingerprint density at radius 3 is 2.39 bits per heavy atom. The molecule has 1 unspecified atom stereocenters. The largest absolute Gasteiger partial charge is 0.443 e. The minimum absolute atomic E-state index is 0.427. The Labute approximate surface area is 105 Å². The van der Waals surface area contributed by atoms with E-state index in [2.05, 4.69) is 10.4 Å². The lowest BCUT2D eigenvalue weighted by Gasteiger charge is -2.13. The molecule has 1 aromatic heterocycles. The number of nitrogens with one attached hydrogen (secondary N) is 1. The predicted octanol–water partition coefficient (Wildman–Crippen LogP) is 2.71. The summed E-state index contributed by atoms with van der Waals surface area (Å²) < 4.78 is 37.4. The van der Waals surface area contributed by atoms with E-state index in [0.717, 1.165) is 5.56 Å². The maximum Gasteiger partial charge on any atom is 0.443 e. The van der Waals surface area contributed by atoms with Crippen LogP contribution >= 0.6 is 11.3 Å². The van der Waals surface area contributed by atoms with Gasteiger partial charge in [-0.25, -0.2) is 10.4 Å². The quantitative estimate of drug-likeness (QED) is 0.668. The fraction of sp³-hybridized carbons (Fsp3) is 0.182. The minimum Gasteiger partial charge on any atom is -0.271 e. The normalized spacial score (nSPS) is 13.6. The highest BCUT2D eigenvalue weighted by Gasteiger charge is 2.35. The van der Waals surface area contributed by atoms with Gasteiger partial charge in [0.1, 0.15) is 0 Å². The molecule has 3 N–H and O–H groups in total. The van der Waals surface area contributed by atoms with Crippen molar-refractivity contribution in [3.05, 3.63) is 52.0 Å². The van der Waals surface area contributed by atoms with Crippen LogP contribution in [0.4, 0.5) is 13.2 Å². The lowest BCUT2D eigenvalue weighted by atomic mass is 10.1. The topological polar surface area (TPSA) is 50.9 Å². The zero-order valence-electron chi connectivity index (χ0n) is 9.11. The van der Waals surface area contributed by atoms with E-state index in [9.17, 15) is 13.2 Å². The fourth-order valence-electron chi connectivity index (χ4n) is 1.54. The summed E-state index contributed by atoms with van der Waals surface area (Å²) in [6.45, 7) is 0. The molecule has 0 radical (unpaired) electrons. The molecule has 3 nitrogen and oxygen atoms in total. The molecule has 0 aliphatic carbocycles. The lowest BCUT2D eigenvalue weighted by molar-refractivity contribution is -0.137. The molecule has 1 aromatic carbocycles. The fourth-order valence-corrected chi connectivity index (χ4v) is 2.41. The van der Waals surface area contributed by atoms with E-state index >= 15 is 0 Å². The summed E-state index contributed by atoms with van der Waals surface area (Å²) in [5.41, 5.74) is 3.29. The van der Waals surface area contributed by atoms with Crippen LogP contribution in [0.1, 0.15) is 21.5 Å². The van der Waals surface area contributed by atoms with Crippen molar-refractivity contribution in [2.24, 2.45) is 5.84 Å². The van der Waals surface area contributed by atoms with Crippen LogP contribution in [-0.2, 0) is 6.18 Å². The van der Waals surface area contributed by atoms with Gasteiger partial charge >= 0.3 is 6.18 Å². The molecule has 0 amide bonds. The highest BCUT2D eigenvalue weighted by molar-refractivity contribution is 7.11. The van der Waals surface area contributed by atoms with Crippen molar-refractivity contribution in [2.45, 2.75) is 12.2 Å². The first kappa shape index (κ1) is 13.0. The van der Waals surface area contributed by atoms with Crippen LogP contribution in [0.15, 0.2) is 36.5 Å². The average molecular weight is 273 g/mol. The monoisotopic (exact) mass is 273 g/mol. The molecule has 0 saturated carbocycles. The molecule has 0 aliphatic heterocycles. The van der Waals surface area contributed by atoms with Gasteiger partial charge in [-0.15, -0.1) is 11.3 Å². The van der Waals surface area contributed by atoms with E-state index in [0.29, 0.717) is 16.2 Å². The standard InChI is InChI=1S/C11H10F3N3S/c12-11(13,14)10-16-6-8(18-10)9(17-15)7-4-2-1-3-5-7/h1-6,9,17H,15H2. The molecule has 0 bridgehead atoms. The summed E-state index contributed by atoms with van der Waals surface area (Å²) in [5.74, 6) is 5.40. The Bertz CT molecular complexity index is 510. The first-order valence-corrected chi connectivity index (χ1v) is 5.88. The number of alkyl halides is 3. The van der Waals surface area contributed by atoms with E-state index in [1.54, 1.807) is 24.3 Å². The van der Waals surface area contributed by atoms with Gasteiger partial charge in [-0.05, 0) is 5.56 Å². The molecule has 0 fully saturated rings. The van der Waals surface area contributed by atoms with Crippen molar-refractivity contribution < 1.29 is 13.2 Å². The maximum absolute atomic E-state index is 12.5. The minimum atomic E-state index is -4.42. The number of hydrogen-bond acceptors (Lipinski definition) is 4. The number of hydrogen-bond donors (Lipinski definition) is 2. The Kier molecular flexibility index (Phi) is 3.65. The first-order valence-electron chi connectivity index (χ1n) is 5.06. The lowest BCUT2D eigenvalue weighted by Crippen LogP contribution is -2.28. The molecule has 2 rings (SSSR count). The van der Waals surface area contributed by atoms with E-state index in [4.69, 9.17) is 5.84 Å². The number of nitrogens with two attached hydrogens (primary N) is 1. The molecular weight excluding hydrogens is 263 g/mol. The Balaban J connectivity index is 2.32. The van der Waals surface area contributed by atoms with Gasteiger partial charge in [-0.2, -0.15) is 13.2 Å². The predicted molar refractivity (Wildman–Crippen MR) is 62.7 cm³/mol. The van der Waals surface area contributed by atoms with Gasteiger partial charge in [0.05, 0.1) is 6.04 Å². The summed E-state index contributed by atoms with van der Waals surface area (Å²) in [4.78, 5) is 3.81. The van der Waals surface area contributed by atoms with Crippen molar-refractivity contribution in [1.29, 1.82) is 0 Å². The molecule has 7 heteroatoms. The van der Waals surface area contributed by atoms with Crippen LogP contribution in [-0.4, -0.2) is 4.98 Å². The van der Waals surface area contributed by atoms with Crippen LogP contribution < -0.4 is 11.3 Å². The van der Waals surface area contributed by atoms with Crippen LogP contribution in [0.5, 0.6) is 0 Å². The third-order valence-corrected chi connectivity index (χ3v) is 3.46. The number of aromatic nitrogens is 1. The van der Waals surface area contributed by atoms with E-state index in [1.165, 1.54) is 6.20 Å². The Hall–Kier alpha value is -1.44. The molecular formula is C11H10F3N3S. The van der Waals surface area contributed by atoms with Gasteiger partial charge in [0, 0.05) is 11.1 Å². The molecule has 1 atom stereocenters. The second-order valence-electron chi connectivity index (χ2n) is 3.58. The van der Waals surface area contributed by atoms with Crippen LogP contribution in [0.25, 0.3) is 0 Å². The summed E-state index contributed by atoms with van der Waals surface area (Å²) in [6, 6.07) is 8.51. The molecule has 2 aromatic rings. The van der Waals surface area contributed by atoms with E-state index in [1.807, 2.05) is 6.07 Å². The molecule has 1 heterocycles. The first-order chi connectivity index (χ1) is 8.52. The maximum atomic E-state index is 12.5. The molecule has 0 spiro atoms. The number of hydrazine groups is 1. The smallest absolute Gasteiger partial charge is 0.271 e. The van der Waals surface area contributed by atoms with Gasteiger partial charge in [0.2, 0.25) is 0 Å². The molecule has 96 valence electrons. The van der Waals surface area contributed by atoms with Gasteiger partial charge in [0.25, 0.3) is 0 Å². The molecule has 0 saturated heterocycles.